The minimum atomic E-state index is -0.407. The van der Waals surface area contributed by atoms with Crippen LogP contribution in [0, 0.1) is 0 Å². The van der Waals surface area contributed by atoms with Crippen LogP contribution in [0.25, 0.3) is 0 Å². The molecule has 2 heterocycles. The van der Waals surface area contributed by atoms with E-state index < -0.39 is 6.10 Å². The Morgan fingerprint density at radius 2 is 1.67 bits per heavy atom. The first-order valence-electron chi connectivity index (χ1n) is 9.93. The number of carbonyl (C=O) groups excluding carboxylic acids is 1. The van der Waals surface area contributed by atoms with Gasteiger partial charge in [-0.05, 0) is 37.5 Å². The zero-order valence-corrected chi connectivity index (χ0v) is 16.3. The Hall–Kier alpha value is -1.85. The molecule has 0 radical (unpaired) electrons. The number of rotatable bonds is 9. The summed E-state index contributed by atoms with van der Waals surface area (Å²) in [7, 11) is 0. The average Bonchev–Trinajstić information content (AvgIpc) is 3.22. The second kappa shape index (κ2) is 9.38. The minimum absolute atomic E-state index is 0.191. The Kier molecular flexibility index (Phi) is 6.91. The summed E-state index contributed by atoms with van der Waals surface area (Å²) < 4.78 is 22.8. The van der Waals surface area contributed by atoms with Crippen molar-refractivity contribution in [1.82, 2.24) is 0 Å². The number of allylic oxidation sites excluding steroid dienone is 1. The van der Waals surface area contributed by atoms with Gasteiger partial charge >= 0.3 is 5.97 Å². The highest BCUT2D eigenvalue weighted by molar-refractivity contribution is 5.89. The summed E-state index contributed by atoms with van der Waals surface area (Å²) in [5, 5.41) is 0. The topological polar surface area (TPSA) is 54.0 Å². The summed E-state index contributed by atoms with van der Waals surface area (Å²) in [4.78, 5) is 12.5. The van der Waals surface area contributed by atoms with Crippen LogP contribution in [0.3, 0.4) is 0 Å². The molecule has 27 heavy (non-hydrogen) atoms. The van der Waals surface area contributed by atoms with E-state index in [1.807, 2.05) is 24.3 Å². The maximum Gasteiger partial charge on any atom is 0.338 e. The van der Waals surface area contributed by atoms with Crippen molar-refractivity contribution in [2.24, 2.45) is 0 Å². The van der Waals surface area contributed by atoms with Crippen LogP contribution in [0.15, 0.2) is 36.6 Å². The zero-order chi connectivity index (χ0) is 19.2. The fraction of sp³-hybridized carbons (Fsp3) is 0.591. The van der Waals surface area contributed by atoms with Gasteiger partial charge in [0.25, 0.3) is 0 Å². The third kappa shape index (κ3) is 5.11. The Labute approximate surface area is 161 Å². The van der Waals surface area contributed by atoms with Gasteiger partial charge in [0, 0.05) is 0 Å². The third-order valence-corrected chi connectivity index (χ3v) is 5.08. The first kappa shape index (κ1) is 19.9. The summed E-state index contributed by atoms with van der Waals surface area (Å²) in [6, 6.07) is 7.71. The number of esters is 1. The summed E-state index contributed by atoms with van der Waals surface area (Å²) >= 11 is 0. The number of hydrogen-bond acceptors (Lipinski definition) is 5. The van der Waals surface area contributed by atoms with Gasteiger partial charge in [0.15, 0.2) is 12.2 Å². The predicted molar refractivity (Wildman–Crippen MR) is 103 cm³/mol. The number of hydrogen-bond donors (Lipinski definition) is 0. The van der Waals surface area contributed by atoms with E-state index in [9.17, 15) is 4.79 Å². The molecule has 2 saturated heterocycles. The van der Waals surface area contributed by atoms with Gasteiger partial charge in [0.2, 0.25) is 0 Å². The van der Waals surface area contributed by atoms with Crippen LogP contribution in [0.4, 0.5) is 0 Å². The molecule has 1 aromatic rings. The van der Waals surface area contributed by atoms with Gasteiger partial charge < -0.3 is 18.9 Å². The van der Waals surface area contributed by atoms with Crippen molar-refractivity contribution in [3.05, 3.63) is 47.7 Å². The van der Waals surface area contributed by atoms with E-state index in [0.717, 1.165) is 6.42 Å². The van der Waals surface area contributed by atoms with E-state index in [2.05, 4.69) is 13.5 Å². The maximum atomic E-state index is 12.5. The highest BCUT2D eigenvalue weighted by Crippen LogP contribution is 2.31. The molecule has 0 spiro atoms. The summed E-state index contributed by atoms with van der Waals surface area (Å²) in [6.45, 7) is 8.51. The van der Waals surface area contributed by atoms with Crippen molar-refractivity contribution in [1.29, 1.82) is 0 Å². The standard InChI is InChI=1S/C22H30O5/c1-4-5-6-7-8-16-9-11-17(12-10-16)22(23)27-19-14-25-20-18(26-15(2)3)13-24-21(19)20/h9-12,18-21H,2,4-8,13-14H2,1,3H3/t18-,19+,20+,21-/m0/s1. The van der Waals surface area contributed by atoms with Crippen molar-refractivity contribution in [3.63, 3.8) is 0 Å². The molecule has 5 nitrogen and oxygen atoms in total. The van der Waals surface area contributed by atoms with Gasteiger partial charge in [-0.1, -0.05) is 44.9 Å². The van der Waals surface area contributed by atoms with Crippen LogP contribution in [0.5, 0.6) is 0 Å². The van der Waals surface area contributed by atoms with E-state index in [4.69, 9.17) is 18.9 Å². The lowest BCUT2D eigenvalue weighted by atomic mass is 10.0. The SMILES string of the molecule is C=C(C)O[C@H]1CO[C@@H]2[C@@H]1OC[C@H]2OC(=O)c1ccc(CCCCCC)cc1. The smallest absolute Gasteiger partial charge is 0.338 e. The lowest BCUT2D eigenvalue weighted by molar-refractivity contribution is -0.0252. The van der Waals surface area contributed by atoms with Crippen LogP contribution in [-0.4, -0.2) is 43.6 Å². The van der Waals surface area contributed by atoms with Gasteiger partial charge in [-0.15, -0.1) is 0 Å². The van der Waals surface area contributed by atoms with Crippen molar-refractivity contribution >= 4 is 5.97 Å². The molecule has 0 bridgehead atoms. The first-order valence-corrected chi connectivity index (χ1v) is 9.93. The molecule has 0 N–H and O–H groups in total. The number of ether oxygens (including phenoxy) is 4. The van der Waals surface area contributed by atoms with Gasteiger partial charge in [0.05, 0.1) is 24.5 Å². The molecule has 4 atom stereocenters. The van der Waals surface area contributed by atoms with Gasteiger partial charge in [0.1, 0.15) is 12.2 Å². The fourth-order valence-corrected chi connectivity index (χ4v) is 3.66. The quantitative estimate of drug-likeness (QED) is 0.371. The highest BCUT2D eigenvalue weighted by Gasteiger charge is 2.50. The average molecular weight is 374 g/mol. The lowest BCUT2D eigenvalue weighted by Gasteiger charge is -2.18. The van der Waals surface area contributed by atoms with E-state index in [1.165, 1.54) is 31.2 Å². The number of unbranched alkanes of at least 4 members (excludes halogenated alkanes) is 3. The van der Waals surface area contributed by atoms with Crippen molar-refractivity contribution in [2.75, 3.05) is 13.2 Å². The molecular weight excluding hydrogens is 344 g/mol. The number of carbonyl (C=O) groups is 1. The van der Waals surface area contributed by atoms with Crippen molar-refractivity contribution < 1.29 is 23.7 Å². The van der Waals surface area contributed by atoms with Crippen LogP contribution < -0.4 is 0 Å². The molecule has 0 aliphatic carbocycles. The predicted octanol–water partition coefficient (Wildman–Crippen LogP) is 4.05. The largest absolute Gasteiger partial charge is 0.490 e. The molecule has 0 saturated carbocycles. The second-order valence-electron chi connectivity index (χ2n) is 7.41. The van der Waals surface area contributed by atoms with E-state index in [0.29, 0.717) is 24.5 Å². The summed E-state index contributed by atoms with van der Waals surface area (Å²) in [5.41, 5.74) is 1.81. The molecule has 0 unspecified atom stereocenters. The van der Waals surface area contributed by atoms with Gasteiger partial charge in [-0.25, -0.2) is 4.79 Å². The Bertz CT molecular complexity index is 639. The molecular formula is C22H30O5. The molecule has 5 heteroatoms. The van der Waals surface area contributed by atoms with Crippen molar-refractivity contribution in [3.8, 4) is 0 Å². The molecule has 1 aromatic carbocycles. The molecule has 2 aliphatic heterocycles. The van der Waals surface area contributed by atoms with E-state index in [-0.39, 0.29) is 24.3 Å². The van der Waals surface area contributed by atoms with Crippen LogP contribution in [-0.2, 0) is 25.4 Å². The van der Waals surface area contributed by atoms with Crippen LogP contribution >= 0.6 is 0 Å². The Morgan fingerprint density at radius 3 is 2.26 bits per heavy atom. The van der Waals surface area contributed by atoms with Gasteiger partial charge in [-0.3, -0.25) is 0 Å². The van der Waals surface area contributed by atoms with E-state index in [1.54, 1.807) is 6.92 Å². The molecule has 3 rings (SSSR count). The maximum absolute atomic E-state index is 12.5. The Morgan fingerprint density at radius 1 is 1.04 bits per heavy atom. The molecule has 2 fully saturated rings. The van der Waals surface area contributed by atoms with Crippen molar-refractivity contribution in [2.45, 2.75) is 70.4 Å². The van der Waals surface area contributed by atoms with Crippen LogP contribution in [0.1, 0.15) is 55.5 Å². The van der Waals surface area contributed by atoms with Crippen LogP contribution in [0.2, 0.25) is 0 Å². The zero-order valence-electron chi connectivity index (χ0n) is 16.3. The molecule has 0 amide bonds. The van der Waals surface area contributed by atoms with Gasteiger partial charge in [-0.2, -0.15) is 0 Å². The molecule has 148 valence electrons. The summed E-state index contributed by atoms with van der Waals surface area (Å²) in [6.07, 6.45) is 4.90. The molecule has 2 aliphatic rings. The Balaban J connectivity index is 1.50. The number of benzene rings is 1. The highest BCUT2D eigenvalue weighted by atomic mass is 16.7. The lowest BCUT2D eigenvalue weighted by Crippen LogP contribution is -2.35. The normalized spacial score (nSPS) is 26.6. The summed E-state index contributed by atoms with van der Waals surface area (Å²) in [5.74, 6) is 0.290. The number of fused-ring (bicyclic) bond motifs is 1. The minimum Gasteiger partial charge on any atom is -0.490 e. The third-order valence-electron chi connectivity index (χ3n) is 5.08. The molecule has 0 aromatic heterocycles. The fourth-order valence-electron chi connectivity index (χ4n) is 3.66. The number of aryl methyl sites for hydroxylation is 1. The first-order chi connectivity index (χ1) is 13.1. The second-order valence-corrected chi connectivity index (χ2v) is 7.41. The monoisotopic (exact) mass is 374 g/mol. The van der Waals surface area contributed by atoms with E-state index >= 15 is 0 Å².